The predicted octanol–water partition coefficient (Wildman–Crippen LogP) is 2.40. The Balaban J connectivity index is 1.67. The molecule has 28 heavy (non-hydrogen) atoms. The molecule has 0 aliphatic carbocycles. The van der Waals surface area contributed by atoms with Crippen molar-refractivity contribution in [3.05, 3.63) is 35.8 Å². The second-order valence-corrected chi connectivity index (χ2v) is 6.64. The fourth-order valence-corrected chi connectivity index (χ4v) is 3.14. The highest BCUT2D eigenvalue weighted by atomic mass is 19.4. The highest BCUT2D eigenvalue weighted by molar-refractivity contribution is 5.92. The molecule has 150 valence electrons. The topological polar surface area (TPSA) is 101 Å². The molecule has 0 saturated carbocycles. The number of aliphatic carboxylic acids is 1. The van der Waals surface area contributed by atoms with Crippen LogP contribution in [0.2, 0.25) is 0 Å². The number of carbonyl (C=O) groups is 2. The minimum absolute atomic E-state index is 0.0561. The van der Waals surface area contributed by atoms with Crippen LogP contribution in [0.15, 0.2) is 24.5 Å². The van der Waals surface area contributed by atoms with Crippen molar-refractivity contribution in [2.24, 2.45) is 5.92 Å². The zero-order valence-electron chi connectivity index (χ0n) is 14.8. The summed E-state index contributed by atoms with van der Waals surface area (Å²) in [7, 11) is 0. The maximum Gasteiger partial charge on any atom is 0.417 e. The molecule has 0 bridgehead atoms. The van der Waals surface area contributed by atoms with E-state index in [-0.39, 0.29) is 29.8 Å². The average Bonchev–Trinajstić information content (AvgIpc) is 3.15. The Morgan fingerprint density at radius 2 is 2.07 bits per heavy atom. The Hall–Kier alpha value is -2.98. The van der Waals surface area contributed by atoms with Crippen LogP contribution in [0.1, 0.15) is 41.7 Å². The van der Waals surface area contributed by atoms with Gasteiger partial charge in [0.2, 0.25) is 0 Å². The van der Waals surface area contributed by atoms with E-state index in [1.807, 2.05) is 0 Å². The molecule has 1 fully saturated rings. The Morgan fingerprint density at radius 1 is 1.29 bits per heavy atom. The Bertz CT molecular complexity index is 850. The first-order valence-corrected chi connectivity index (χ1v) is 8.71. The van der Waals surface area contributed by atoms with E-state index in [1.54, 1.807) is 4.90 Å². The van der Waals surface area contributed by atoms with E-state index >= 15 is 0 Å². The highest BCUT2D eigenvalue weighted by Gasteiger charge is 2.31. The van der Waals surface area contributed by atoms with Gasteiger partial charge < -0.3 is 10.0 Å². The SMILES string of the molecule is O=C(O)CCC1CCCN(C(=O)c2cn(-c3ccc(C(F)(F)F)cn3)nn2)C1. The van der Waals surface area contributed by atoms with Gasteiger partial charge >= 0.3 is 12.1 Å². The normalized spacial score (nSPS) is 17.5. The summed E-state index contributed by atoms with van der Waals surface area (Å²) >= 11 is 0. The zero-order chi connectivity index (χ0) is 20.3. The van der Waals surface area contributed by atoms with Crippen molar-refractivity contribution in [3.63, 3.8) is 0 Å². The number of carboxylic acids is 1. The third kappa shape index (κ3) is 4.65. The lowest BCUT2D eigenvalue weighted by Crippen LogP contribution is -2.40. The molecule has 1 amide bonds. The summed E-state index contributed by atoms with van der Waals surface area (Å²) in [5.41, 5.74) is -0.825. The number of amides is 1. The van der Waals surface area contributed by atoms with Gasteiger partial charge in [0.25, 0.3) is 5.91 Å². The molecule has 1 saturated heterocycles. The number of halogens is 3. The summed E-state index contributed by atoms with van der Waals surface area (Å²) in [6.45, 7) is 0.977. The van der Waals surface area contributed by atoms with Crippen LogP contribution < -0.4 is 0 Å². The van der Waals surface area contributed by atoms with Crippen molar-refractivity contribution in [2.45, 2.75) is 31.9 Å². The summed E-state index contributed by atoms with van der Waals surface area (Å²) in [6, 6.07) is 2.03. The Labute approximate surface area is 158 Å². The van der Waals surface area contributed by atoms with Crippen LogP contribution in [0, 0.1) is 5.92 Å². The lowest BCUT2D eigenvalue weighted by atomic mass is 9.93. The third-order valence-electron chi connectivity index (χ3n) is 4.60. The lowest BCUT2D eigenvalue weighted by Gasteiger charge is -2.32. The number of likely N-dealkylation sites (tertiary alicyclic amines) is 1. The molecule has 0 spiro atoms. The van der Waals surface area contributed by atoms with E-state index in [4.69, 9.17) is 5.11 Å². The number of alkyl halides is 3. The smallest absolute Gasteiger partial charge is 0.417 e. The first-order valence-electron chi connectivity index (χ1n) is 8.71. The van der Waals surface area contributed by atoms with Gasteiger partial charge in [0.05, 0.1) is 11.8 Å². The van der Waals surface area contributed by atoms with Crippen LogP contribution in [-0.2, 0) is 11.0 Å². The van der Waals surface area contributed by atoms with Gasteiger partial charge in [0, 0.05) is 25.7 Å². The van der Waals surface area contributed by atoms with Crippen molar-refractivity contribution < 1.29 is 27.9 Å². The van der Waals surface area contributed by atoms with E-state index in [1.165, 1.54) is 6.20 Å². The molecule has 1 N–H and O–H groups in total. The summed E-state index contributed by atoms with van der Waals surface area (Å²) in [4.78, 5) is 28.7. The minimum Gasteiger partial charge on any atom is -0.481 e. The molecule has 11 heteroatoms. The average molecular weight is 397 g/mol. The number of carboxylic acid groups (broad SMARTS) is 1. The van der Waals surface area contributed by atoms with Gasteiger partial charge in [-0.1, -0.05) is 5.21 Å². The quantitative estimate of drug-likeness (QED) is 0.831. The molecule has 2 aromatic rings. The zero-order valence-corrected chi connectivity index (χ0v) is 14.8. The van der Waals surface area contributed by atoms with E-state index in [0.29, 0.717) is 25.7 Å². The van der Waals surface area contributed by atoms with Crippen molar-refractivity contribution in [1.82, 2.24) is 24.9 Å². The van der Waals surface area contributed by atoms with Crippen LogP contribution >= 0.6 is 0 Å². The lowest BCUT2D eigenvalue weighted by molar-refractivity contribution is -0.138. The molecule has 2 aromatic heterocycles. The summed E-state index contributed by atoms with van der Waals surface area (Å²) in [5.74, 6) is -0.994. The second kappa shape index (κ2) is 7.95. The molecule has 1 atom stereocenters. The van der Waals surface area contributed by atoms with E-state index < -0.39 is 17.7 Å². The van der Waals surface area contributed by atoms with E-state index in [9.17, 15) is 22.8 Å². The molecule has 1 unspecified atom stereocenters. The van der Waals surface area contributed by atoms with Crippen LogP contribution in [0.4, 0.5) is 13.2 Å². The van der Waals surface area contributed by atoms with Gasteiger partial charge in [-0.2, -0.15) is 13.2 Å². The third-order valence-corrected chi connectivity index (χ3v) is 4.60. The first-order chi connectivity index (χ1) is 13.2. The van der Waals surface area contributed by atoms with Crippen LogP contribution in [0.25, 0.3) is 5.82 Å². The number of nitrogens with zero attached hydrogens (tertiary/aromatic N) is 5. The summed E-state index contributed by atoms with van der Waals surface area (Å²) in [6.07, 6.45) is -0.289. The number of aromatic nitrogens is 4. The maximum absolute atomic E-state index is 12.6. The molecule has 0 radical (unpaired) electrons. The molecular formula is C17H18F3N5O3. The van der Waals surface area contributed by atoms with Crippen molar-refractivity contribution in [2.75, 3.05) is 13.1 Å². The van der Waals surface area contributed by atoms with Gasteiger partial charge in [-0.15, -0.1) is 5.10 Å². The fraction of sp³-hybridized carbons (Fsp3) is 0.471. The Morgan fingerprint density at radius 3 is 2.71 bits per heavy atom. The van der Waals surface area contributed by atoms with Gasteiger partial charge in [-0.3, -0.25) is 9.59 Å². The van der Waals surface area contributed by atoms with Gasteiger partial charge in [0.15, 0.2) is 11.5 Å². The molecule has 3 heterocycles. The van der Waals surface area contributed by atoms with E-state index in [0.717, 1.165) is 29.7 Å². The number of carbonyl (C=O) groups excluding carboxylic acids is 1. The highest BCUT2D eigenvalue weighted by Crippen LogP contribution is 2.28. The Kier molecular flexibility index (Phi) is 5.61. The number of piperidine rings is 1. The van der Waals surface area contributed by atoms with Crippen molar-refractivity contribution >= 4 is 11.9 Å². The molecule has 8 nitrogen and oxygen atoms in total. The van der Waals surface area contributed by atoms with Crippen LogP contribution in [0.5, 0.6) is 0 Å². The molecule has 3 rings (SSSR count). The van der Waals surface area contributed by atoms with Crippen molar-refractivity contribution in [1.29, 1.82) is 0 Å². The fourth-order valence-electron chi connectivity index (χ4n) is 3.14. The summed E-state index contributed by atoms with van der Waals surface area (Å²) < 4.78 is 39.0. The number of hydrogen-bond acceptors (Lipinski definition) is 5. The van der Waals surface area contributed by atoms with Crippen LogP contribution in [0.3, 0.4) is 0 Å². The molecule has 1 aliphatic rings. The molecular weight excluding hydrogens is 379 g/mol. The number of hydrogen-bond donors (Lipinski definition) is 1. The minimum atomic E-state index is -4.49. The first kappa shape index (κ1) is 19.8. The second-order valence-electron chi connectivity index (χ2n) is 6.64. The largest absolute Gasteiger partial charge is 0.481 e. The van der Waals surface area contributed by atoms with Crippen LogP contribution in [-0.4, -0.2) is 55.0 Å². The standard InChI is InChI=1S/C17H18F3N5O3/c18-17(19,20)12-4-5-14(21-8-12)25-10-13(22-23-25)16(28)24-7-1-2-11(9-24)3-6-15(26)27/h4-5,8,10-11H,1-3,6-7,9H2,(H,26,27). The molecule has 0 aromatic carbocycles. The van der Waals surface area contributed by atoms with Crippen molar-refractivity contribution in [3.8, 4) is 5.82 Å². The summed E-state index contributed by atoms with van der Waals surface area (Å²) in [5, 5.41) is 16.4. The molecule has 1 aliphatic heterocycles. The van der Waals surface area contributed by atoms with E-state index in [2.05, 4.69) is 15.3 Å². The van der Waals surface area contributed by atoms with Gasteiger partial charge in [-0.25, -0.2) is 9.67 Å². The number of pyridine rings is 1. The van der Waals surface area contributed by atoms with Gasteiger partial charge in [0.1, 0.15) is 0 Å². The van der Waals surface area contributed by atoms with Gasteiger partial charge in [-0.05, 0) is 37.3 Å². The maximum atomic E-state index is 12.6. The monoisotopic (exact) mass is 397 g/mol. The predicted molar refractivity (Wildman–Crippen MR) is 89.7 cm³/mol. The number of rotatable bonds is 5.